The molecule has 3 aromatic rings. The fourth-order valence-corrected chi connectivity index (χ4v) is 2.77. The van der Waals surface area contributed by atoms with Crippen LogP contribution in [0, 0.1) is 0 Å². The molecule has 0 radical (unpaired) electrons. The van der Waals surface area contributed by atoms with Crippen molar-refractivity contribution in [3.63, 3.8) is 0 Å². The van der Waals surface area contributed by atoms with Gasteiger partial charge in [-0.15, -0.1) is 0 Å². The molecule has 0 saturated carbocycles. The summed E-state index contributed by atoms with van der Waals surface area (Å²) < 4.78 is 5.24. The molecule has 3 rings (SSSR count). The number of ether oxygens (including phenoxy) is 1. The van der Waals surface area contributed by atoms with Crippen LogP contribution in [-0.4, -0.2) is 13.1 Å². The Morgan fingerprint density at radius 1 is 1.00 bits per heavy atom. The zero-order valence-corrected chi connectivity index (χ0v) is 14.5. The highest BCUT2D eigenvalue weighted by atomic mass is 16.5. The molecule has 3 aromatic carbocycles. The van der Waals surface area contributed by atoms with E-state index in [4.69, 9.17) is 4.74 Å². The number of hydrogen-bond acceptors (Lipinski definition) is 2. The zero-order chi connectivity index (χ0) is 17.6. The summed E-state index contributed by atoms with van der Waals surface area (Å²) in [6.45, 7) is 2.45. The molecule has 0 spiro atoms. The smallest absolute Gasteiger partial charge is 0.315 e. The highest BCUT2D eigenvalue weighted by molar-refractivity contribution is 5.84. The average Bonchev–Trinajstić information content (AvgIpc) is 2.66. The van der Waals surface area contributed by atoms with Gasteiger partial charge in [-0.25, -0.2) is 4.79 Å². The van der Waals surface area contributed by atoms with E-state index in [1.165, 1.54) is 0 Å². The molecule has 0 unspecified atom stereocenters. The number of fused-ring (bicyclic) bond motifs is 1. The molecule has 0 aliphatic carbocycles. The summed E-state index contributed by atoms with van der Waals surface area (Å²) in [6.07, 6.45) is 0. The van der Waals surface area contributed by atoms with Crippen LogP contribution in [-0.2, 0) is 6.54 Å². The van der Waals surface area contributed by atoms with E-state index in [2.05, 4.69) is 16.7 Å². The second-order valence-corrected chi connectivity index (χ2v) is 6.01. The first-order valence-corrected chi connectivity index (χ1v) is 8.32. The summed E-state index contributed by atoms with van der Waals surface area (Å²) in [6, 6.07) is 21.8. The second-order valence-electron chi connectivity index (χ2n) is 6.01. The summed E-state index contributed by atoms with van der Waals surface area (Å²) in [5.74, 6) is 0.840. The standard InChI is InChI=1S/C21H22N2O2/c1-15(17-6-4-3-5-7-17)23-21(24)22-14-16-8-9-19-13-20(25-2)11-10-18(19)12-16/h3-13,15H,14H2,1-2H3,(H2,22,23,24)/t15-/m0/s1. The van der Waals surface area contributed by atoms with Crippen LogP contribution in [0.1, 0.15) is 24.1 Å². The third kappa shape index (κ3) is 4.29. The highest BCUT2D eigenvalue weighted by Gasteiger charge is 2.08. The van der Waals surface area contributed by atoms with Crippen LogP contribution in [0.15, 0.2) is 66.7 Å². The van der Waals surface area contributed by atoms with Crippen LogP contribution in [0.4, 0.5) is 4.79 Å². The van der Waals surface area contributed by atoms with E-state index in [0.717, 1.165) is 27.6 Å². The van der Waals surface area contributed by atoms with Crippen molar-refractivity contribution in [3.8, 4) is 5.75 Å². The van der Waals surface area contributed by atoms with Crippen molar-refractivity contribution in [2.45, 2.75) is 19.5 Å². The summed E-state index contributed by atoms with van der Waals surface area (Å²) in [7, 11) is 1.66. The molecule has 0 bridgehead atoms. The molecule has 1 atom stereocenters. The molecule has 0 aromatic heterocycles. The number of rotatable bonds is 5. The number of methoxy groups -OCH3 is 1. The predicted molar refractivity (Wildman–Crippen MR) is 101 cm³/mol. The second kappa shape index (κ2) is 7.71. The van der Waals surface area contributed by atoms with Gasteiger partial charge in [0, 0.05) is 6.54 Å². The molecule has 25 heavy (non-hydrogen) atoms. The van der Waals surface area contributed by atoms with Gasteiger partial charge in [-0.05, 0) is 47.0 Å². The average molecular weight is 334 g/mol. The first-order chi connectivity index (χ1) is 12.2. The summed E-state index contributed by atoms with van der Waals surface area (Å²) >= 11 is 0. The van der Waals surface area contributed by atoms with Crippen LogP contribution in [0.3, 0.4) is 0 Å². The number of carbonyl (C=O) groups excluding carboxylic acids is 1. The Morgan fingerprint density at radius 3 is 2.48 bits per heavy atom. The van der Waals surface area contributed by atoms with Crippen LogP contribution in [0.25, 0.3) is 10.8 Å². The van der Waals surface area contributed by atoms with Crippen LogP contribution in [0.2, 0.25) is 0 Å². The molecule has 0 heterocycles. The van der Waals surface area contributed by atoms with Crippen LogP contribution < -0.4 is 15.4 Å². The lowest BCUT2D eigenvalue weighted by Gasteiger charge is -2.15. The topological polar surface area (TPSA) is 50.4 Å². The van der Waals surface area contributed by atoms with E-state index < -0.39 is 0 Å². The molecule has 4 nitrogen and oxygen atoms in total. The maximum absolute atomic E-state index is 12.1. The summed E-state index contributed by atoms with van der Waals surface area (Å²) in [5, 5.41) is 8.10. The maximum atomic E-state index is 12.1. The fourth-order valence-electron chi connectivity index (χ4n) is 2.77. The Hall–Kier alpha value is -3.01. The van der Waals surface area contributed by atoms with Gasteiger partial charge < -0.3 is 15.4 Å². The van der Waals surface area contributed by atoms with Crippen molar-refractivity contribution < 1.29 is 9.53 Å². The lowest BCUT2D eigenvalue weighted by Crippen LogP contribution is -2.36. The quantitative estimate of drug-likeness (QED) is 0.726. The Balaban J connectivity index is 1.59. The third-order valence-corrected chi connectivity index (χ3v) is 4.21. The van der Waals surface area contributed by atoms with E-state index in [9.17, 15) is 4.79 Å². The van der Waals surface area contributed by atoms with Crippen molar-refractivity contribution in [1.82, 2.24) is 10.6 Å². The number of carbonyl (C=O) groups is 1. The van der Waals surface area contributed by atoms with Gasteiger partial charge in [0.1, 0.15) is 5.75 Å². The maximum Gasteiger partial charge on any atom is 0.315 e. The number of hydrogen-bond donors (Lipinski definition) is 2. The molecule has 0 saturated heterocycles. The van der Waals surface area contributed by atoms with Crippen molar-refractivity contribution in [1.29, 1.82) is 0 Å². The molecule has 0 aliphatic rings. The monoisotopic (exact) mass is 334 g/mol. The zero-order valence-electron chi connectivity index (χ0n) is 14.5. The van der Waals surface area contributed by atoms with E-state index in [0.29, 0.717) is 6.54 Å². The largest absolute Gasteiger partial charge is 0.497 e. The van der Waals surface area contributed by atoms with E-state index >= 15 is 0 Å². The van der Waals surface area contributed by atoms with Gasteiger partial charge in [0.15, 0.2) is 0 Å². The van der Waals surface area contributed by atoms with E-state index in [1.807, 2.05) is 67.6 Å². The third-order valence-electron chi connectivity index (χ3n) is 4.21. The minimum atomic E-state index is -0.175. The van der Waals surface area contributed by atoms with Gasteiger partial charge in [-0.3, -0.25) is 0 Å². The molecule has 0 aliphatic heterocycles. The minimum absolute atomic E-state index is 0.0368. The van der Waals surface area contributed by atoms with E-state index in [1.54, 1.807) is 7.11 Å². The van der Waals surface area contributed by atoms with Crippen LogP contribution in [0.5, 0.6) is 5.75 Å². The first kappa shape index (κ1) is 16.8. The van der Waals surface area contributed by atoms with Gasteiger partial charge in [0.2, 0.25) is 0 Å². The Morgan fingerprint density at radius 2 is 1.72 bits per heavy atom. The summed E-state index contributed by atoms with van der Waals surface area (Å²) in [5.41, 5.74) is 2.14. The molecule has 4 heteroatoms. The Labute approximate surface area is 147 Å². The number of amides is 2. The Kier molecular flexibility index (Phi) is 5.19. The molecule has 0 fully saturated rings. The lowest BCUT2D eigenvalue weighted by molar-refractivity contribution is 0.237. The first-order valence-electron chi connectivity index (χ1n) is 8.32. The van der Waals surface area contributed by atoms with Crippen molar-refractivity contribution in [3.05, 3.63) is 77.9 Å². The van der Waals surface area contributed by atoms with Gasteiger partial charge in [-0.2, -0.15) is 0 Å². The highest BCUT2D eigenvalue weighted by Crippen LogP contribution is 2.21. The van der Waals surface area contributed by atoms with Gasteiger partial charge in [0.25, 0.3) is 0 Å². The van der Waals surface area contributed by atoms with Gasteiger partial charge in [-0.1, -0.05) is 48.5 Å². The van der Waals surface area contributed by atoms with Crippen molar-refractivity contribution in [2.24, 2.45) is 0 Å². The molecular weight excluding hydrogens is 312 g/mol. The SMILES string of the molecule is COc1ccc2cc(CNC(=O)N[C@@H](C)c3ccccc3)ccc2c1. The van der Waals surface area contributed by atoms with E-state index in [-0.39, 0.29) is 12.1 Å². The molecule has 128 valence electrons. The normalized spacial score (nSPS) is 11.8. The van der Waals surface area contributed by atoms with Gasteiger partial charge in [0.05, 0.1) is 13.2 Å². The fraction of sp³-hybridized carbons (Fsp3) is 0.190. The minimum Gasteiger partial charge on any atom is -0.497 e. The van der Waals surface area contributed by atoms with Crippen LogP contribution >= 0.6 is 0 Å². The number of nitrogens with one attached hydrogen (secondary N) is 2. The Bertz CT molecular complexity index is 862. The number of benzene rings is 3. The van der Waals surface area contributed by atoms with Crippen molar-refractivity contribution in [2.75, 3.05) is 7.11 Å². The predicted octanol–water partition coefficient (Wildman–Crippen LogP) is 4.41. The van der Waals surface area contributed by atoms with Crippen molar-refractivity contribution >= 4 is 16.8 Å². The molecule has 2 N–H and O–H groups in total. The summed E-state index contributed by atoms with van der Waals surface area (Å²) in [4.78, 5) is 12.1. The van der Waals surface area contributed by atoms with Gasteiger partial charge >= 0.3 is 6.03 Å². The number of urea groups is 1. The molecule has 2 amide bonds. The molecular formula is C21H22N2O2. The lowest BCUT2D eigenvalue weighted by atomic mass is 10.1.